The fourth-order valence-corrected chi connectivity index (χ4v) is 3.34. The van der Waals surface area contributed by atoms with E-state index in [0.717, 1.165) is 55.9 Å². The molecule has 7 nitrogen and oxygen atoms in total. The number of nitrogens with zero attached hydrogens (tertiary/aromatic N) is 6. The summed E-state index contributed by atoms with van der Waals surface area (Å²) in [4.78, 5) is 18.0. The third kappa shape index (κ3) is 3.87. The average Bonchev–Trinajstić information content (AvgIpc) is 2.92. The standard InChI is InChI=1S/C15H22N6OS/c1-3-12-17-15(23-19-12)21-9-5-8-20(10-11-21)14-16-7-6-13(18-14)22-4-2/h6-7H,3-5,8-11H2,1-2H3. The Morgan fingerprint density at radius 1 is 1.13 bits per heavy atom. The minimum absolute atomic E-state index is 0.612. The quantitative estimate of drug-likeness (QED) is 0.828. The van der Waals surface area contributed by atoms with E-state index in [0.29, 0.717) is 12.5 Å². The van der Waals surface area contributed by atoms with Crippen LogP contribution >= 0.6 is 11.5 Å². The lowest BCUT2D eigenvalue weighted by atomic mass is 10.4. The van der Waals surface area contributed by atoms with Crippen LogP contribution in [-0.4, -0.2) is 52.1 Å². The zero-order valence-corrected chi connectivity index (χ0v) is 14.4. The lowest BCUT2D eigenvalue weighted by Gasteiger charge is -2.21. The SMILES string of the molecule is CCOc1ccnc(N2CCCN(c3nc(CC)ns3)CC2)n1. The van der Waals surface area contributed by atoms with Crippen LogP contribution in [0, 0.1) is 0 Å². The van der Waals surface area contributed by atoms with Crippen LogP contribution in [0.3, 0.4) is 0 Å². The molecular weight excluding hydrogens is 312 g/mol. The van der Waals surface area contributed by atoms with E-state index in [-0.39, 0.29) is 0 Å². The van der Waals surface area contributed by atoms with Crippen molar-refractivity contribution >= 4 is 22.6 Å². The van der Waals surface area contributed by atoms with Gasteiger partial charge in [-0.2, -0.15) is 9.36 Å². The third-order valence-electron chi connectivity index (χ3n) is 3.73. The van der Waals surface area contributed by atoms with Crippen LogP contribution in [0.25, 0.3) is 0 Å². The molecule has 3 heterocycles. The summed E-state index contributed by atoms with van der Waals surface area (Å²) in [5.41, 5.74) is 0. The molecule has 1 saturated heterocycles. The van der Waals surface area contributed by atoms with Crippen LogP contribution in [0.5, 0.6) is 5.88 Å². The molecule has 0 unspecified atom stereocenters. The lowest BCUT2D eigenvalue weighted by molar-refractivity contribution is 0.326. The van der Waals surface area contributed by atoms with Crippen molar-refractivity contribution in [2.24, 2.45) is 0 Å². The first kappa shape index (κ1) is 15.9. The molecule has 0 spiro atoms. The van der Waals surface area contributed by atoms with Crippen molar-refractivity contribution in [1.29, 1.82) is 0 Å². The lowest BCUT2D eigenvalue weighted by Crippen LogP contribution is -2.31. The molecule has 0 amide bonds. The summed E-state index contributed by atoms with van der Waals surface area (Å²) in [7, 11) is 0. The highest BCUT2D eigenvalue weighted by Crippen LogP contribution is 2.21. The van der Waals surface area contributed by atoms with Gasteiger partial charge in [-0.25, -0.2) is 9.97 Å². The summed E-state index contributed by atoms with van der Waals surface area (Å²) in [6, 6.07) is 1.80. The summed E-state index contributed by atoms with van der Waals surface area (Å²) < 4.78 is 9.85. The number of hydrogen-bond acceptors (Lipinski definition) is 8. The Hall–Kier alpha value is -1.96. The number of ether oxygens (including phenoxy) is 1. The van der Waals surface area contributed by atoms with Gasteiger partial charge >= 0.3 is 0 Å². The van der Waals surface area contributed by atoms with Crippen LogP contribution in [-0.2, 0) is 6.42 Å². The van der Waals surface area contributed by atoms with Crippen molar-refractivity contribution in [1.82, 2.24) is 19.3 Å². The van der Waals surface area contributed by atoms with E-state index in [1.165, 1.54) is 11.5 Å². The number of aryl methyl sites for hydroxylation is 1. The minimum atomic E-state index is 0.612. The molecule has 23 heavy (non-hydrogen) atoms. The van der Waals surface area contributed by atoms with Crippen LogP contribution < -0.4 is 14.5 Å². The van der Waals surface area contributed by atoms with E-state index in [4.69, 9.17) is 4.74 Å². The van der Waals surface area contributed by atoms with E-state index < -0.39 is 0 Å². The molecule has 0 N–H and O–H groups in total. The Balaban J connectivity index is 1.67. The van der Waals surface area contributed by atoms with Crippen molar-refractivity contribution < 1.29 is 4.74 Å². The monoisotopic (exact) mass is 334 g/mol. The topological polar surface area (TPSA) is 67.3 Å². The Kier molecular flexibility index (Phi) is 5.22. The number of hydrogen-bond donors (Lipinski definition) is 0. The second-order valence-corrected chi connectivity index (χ2v) is 6.03. The highest BCUT2D eigenvalue weighted by atomic mass is 32.1. The molecule has 2 aromatic heterocycles. The molecule has 8 heteroatoms. The van der Waals surface area contributed by atoms with E-state index >= 15 is 0 Å². The van der Waals surface area contributed by atoms with Gasteiger partial charge in [0, 0.05) is 56.4 Å². The van der Waals surface area contributed by atoms with Crippen molar-refractivity contribution in [3.8, 4) is 5.88 Å². The summed E-state index contributed by atoms with van der Waals surface area (Å²) in [6.45, 7) is 8.35. The number of anilines is 2. The van der Waals surface area contributed by atoms with Crippen molar-refractivity contribution in [2.45, 2.75) is 26.7 Å². The minimum Gasteiger partial charge on any atom is -0.478 e. The van der Waals surface area contributed by atoms with Crippen molar-refractivity contribution in [3.05, 3.63) is 18.1 Å². The predicted molar refractivity (Wildman–Crippen MR) is 91.5 cm³/mol. The van der Waals surface area contributed by atoms with Gasteiger partial charge in [0.05, 0.1) is 6.61 Å². The maximum absolute atomic E-state index is 5.47. The molecule has 1 fully saturated rings. The summed E-state index contributed by atoms with van der Waals surface area (Å²) in [6.07, 6.45) is 3.69. The highest BCUT2D eigenvalue weighted by Gasteiger charge is 2.19. The van der Waals surface area contributed by atoms with Gasteiger partial charge in [0.25, 0.3) is 0 Å². The smallest absolute Gasteiger partial charge is 0.228 e. The second kappa shape index (κ2) is 7.54. The molecule has 0 aromatic carbocycles. The van der Waals surface area contributed by atoms with Crippen molar-refractivity contribution in [2.75, 3.05) is 42.6 Å². The van der Waals surface area contributed by atoms with Crippen LogP contribution in [0.4, 0.5) is 11.1 Å². The first-order chi connectivity index (χ1) is 11.3. The molecule has 124 valence electrons. The third-order valence-corrected chi connectivity index (χ3v) is 4.55. The molecule has 0 aliphatic carbocycles. The fraction of sp³-hybridized carbons (Fsp3) is 0.600. The summed E-state index contributed by atoms with van der Waals surface area (Å²) in [5.74, 6) is 2.30. The van der Waals surface area contributed by atoms with E-state index in [1.807, 2.05) is 6.92 Å². The van der Waals surface area contributed by atoms with Gasteiger partial charge in [-0.05, 0) is 13.3 Å². The highest BCUT2D eigenvalue weighted by molar-refractivity contribution is 7.09. The average molecular weight is 334 g/mol. The molecule has 1 aliphatic heterocycles. The maximum Gasteiger partial charge on any atom is 0.228 e. The van der Waals surface area contributed by atoms with Crippen LogP contribution in [0.1, 0.15) is 26.1 Å². The van der Waals surface area contributed by atoms with Gasteiger partial charge in [-0.15, -0.1) is 0 Å². The van der Waals surface area contributed by atoms with Crippen molar-refractivity contribution in [3.63, 3.8) is 0 Å². The van der Waals surface area contributed by atoms with Gasteiger partial charge in [0.1, 0.15) is 5.82 Å². The number of aromatic nitrogens is 4. The van der Waals surface area contributed by atoms with Gasteiger partial charge < -0.3 is 14.5 Å². The molecule has 3 rings (SSSR count). The maximum atomic E-state index is 5.47. The van der Waals surface area contributed by atoms with Gasteiger partial charge in [-0.1, -0.05) is 6.92 Å². The molecule has 0 saturated carbocycles. The van der Waals surface area contributed by atoms with Gasteiger partial charge in [0.2, 0.25) is 17.0 Å². The summed E-state index contributed by atoms with van der Waals surface area (Å²) >= 11 is 1.49. The molecule has 0 radical (unpaired) electrons. The molecule has 1 aliphatic rings. The van der Waals surface area contributed by atoms with Crippen LogP contribution in [0.15, 0.2) is 12.3 Å². The molecule has 0 bridgehead atoms. The van der Waals surface area contributed by atoms with Crippen LogP contribution in [0.2, 0.25) is 0 Å². The van der Waals surface area contributed by atoms with E-state index in [2.05, 4.69) is 36.0 Å². The van der Waals surface area contributed by atoms with Gasteiger partial charge in [0.15, 0.2) is 0 Å². The second-order valence-electron chi connectivity index (χ2n) is 5.30. The number of rotatable bonds is 5. The first-order valence-electron chi connectivity index (χ1n) is 8.08. The largest absolute Gasteiger partial charge is 0.478 e. The molecular formula is C15H22N6OS. The Morgan fingerprint density at radius 3 is 2.74 bits per heavy atom. The Bertz CT molecular complexity index is 634. The first-order valence-corrected chi connectivity index (χ1v) is 8.85. The zero-order valence-electron chi connectivity index (χ0n) is 13.6. The van der Waals surface area contributed by atoms with E-state index in [9.17, 15) is 0 Å². The van der Waals surface area contributed by atoms with Gasteiger partial charge in [-0.3, -0.25) is 0 Å². The Morgan fingerprint density at radius 2 is 1.96 bits per heavy atom. The molecule has 0 atom stereocenters. The fourth-order valence-electron chi connectivity index (χ4n) is 2.54. The summed E-state index contributed by atoms with van der Waals surface area (Å²) in [5, 5.41) is 1.02. The Labute approximate surface area is 140 Å². The normalized spacial score (nSPS) is 15.6. The molecule has 2 aromatic rings. The zero-order chi connectivity index (χ0) is 16.1. The predicted octanol–water partition coefficient (Wildman–Crippen LogP) is 2.01. The van der Waals surface area contributed by atoms with E-state index in [1.54, 1.807) is 12.3 Å².